The number of anilines is 1. The molecule has 1 N–H and O–H groups in total. The molecule has 1 amide bonds. The highest BCUT2D eigenvalue weighted by atomic mass is 35.5. The van der Waals surface area contributed by atoms with Crippen molar-refractivity contribution in [1.29, 1.82) is 0 Å². The Bertz CT molecular complexity index is 829. The van der Waals surface area contributed by atoms with E-state index >= 15 is 0 Å². The Morgan fingerprint density at radius 2 is 1.88 bits per heavy atom. The number of rotatable bonds is 2. The molecule has 0 saturated carbocycles. The number of piperazine rings is 1. The van der Waals surface area contributed by atoms with Gasteiger partial charge in [-0.15, -0.1) is 0 Å². The maximum atomic E-state index is 12.5. The van der Waals surface area contributed by atoms with Crippen LogP contribution in [0.15, 0.2) is 29.2 Å². The number of carbonyl (C=O) groups excluding carboxylic acids is 1. The molecule has 6 nitrogen and oxygen atoms in total. The summed E-state index contributed by atoms with van der Waals surface area (Å²) in [6.07, 6.45) is 1.34. The SMILES string of the molecule is Cc1ncc(C(=O)N2CCN(c3ccc(Cl)c(Cl)c3)CC2)c(=O)[nH]1. The number of H-pyrrole nitrogens is 1. The van der Waals surface area contributed by atoms with Gasteiger partial charge in [-0.25, -0.2) is 4.98 Å². The normalized spacial score (nSPS) is 14.8. The van der Waals surface area contributed by atoms with Crippen molar-refractivity contribution in [2.24, 2.45) is 0 Å². The van der Waals surface area contributed by atoms with E-state index in [9.17, 15) is 9.59 Å². The van der Waals surface area contributed by atoms with Gasteiger partial charge in [0.1, 0.15) is 11.4 Å². The second kappa shape index (κ2) is 6.83. The summed E-state index contributed by atoms with van der Waals surface area (Å²) < 4.78 is 0. The van der Waals surface area contributed by atoms with Gasteiger partial charge in [-0.05, 0) is 25.1 Å². The Morgan fingerprint density at radius 3 is 2.50 bits per heavy atom. The lowest BCUT2D eigenvalue weighted by molar-refractivity contribution is 0.0744. The Kier molecular flexibility index (Phi) is 4.78. The van der Waals surface area contributed by atoms with Crippen LogP contribution in [-0.2, 0) is 0 Å². The minimum atomic E-state index is -0.403. The summed E-state index contributed by atoms with van der Waals surface area (Å²) in [7, 11) is 0. The maximum absolute atomic E-state index is 12.5. The number of carbonyl (C=O) groups is 1. The minimum Gasteiger partial charge on any atom is -0.368 e. The number of aryl methyl sites for hydroxylation is 1. The first kappa shape index (κ1) is 16.8. The smallest absolute Gasteiger partial charge is 0.263 e. The van der Waals surface area contributed by atoms with Crippen molar-refractivity contribution in [2.45, 2.75) is 6.92 Å². The maximum Gasteiger partial charge on any atom is 0.263 e. The number of amides is 1. The predicted molar refractivity (Wildman–Crippen MR) is 94.2 cm³/mol. The lowest BCUT2D eigenvalue weighted by Crippen LogP contribution is -2.49. The van der Waals surface area contributed by atoms with Gasteiger partial charge in [0.05, 0.1) is 10.0 Å². The van der Waals surface area contributed by atoms with E-state index in [1.54, 1.807) is 17.9 Å². The topological polar surface area (TPSA) is 69.3 Å². The van der Waals surface area contributed by atoms with E-state index in [1.807, 2.05) is 12.1 Å². The fourth-order valence-electron chi connectivity index (χ4n) is 2.66. The average Bonchev–Trinajstić information content (AvgIpc) is 2.57. The van der Waals surface area contributed by atoms with Gasteiger partial charge in [0, 0.05) is 38.1 Å². The van der Waals surface area contributed by atoms with E-state index < -0.39 is 5.56 Å². The summed E-state index contributed by atoms with van der Waals surface area (Å²) >= 11 is 12.0. The van der Waals surface area contributed by atoms with Crippen LogP contribution < -0.4 is 10.5 Å². The van der Waals surface area contributed by atoms with E-state index in [1.165, 1.54) is 6.20 Å². The molecule has 2 heterocycles. The van der Waals surface area contributed by atoms with Crippen molar-refractivity contribution >= 4 is 34.8 Å². The molecule has 1 fully saturated rings. The third-order valence-electron chi connectivity index (χ3n) is 3.99. The molecule has 126 valence electrons. The predicted octanol–water partition coefficient (Wildman–Crippen LogP) is 2.35. The lowest BCUT2D eigenvalue weighted by Gasteiger charge is -2.36. The minimum absolute atomic E-state index is 0.0728. The Hall–Kier alpha value is -2.05. The van der Waals surface area contributed by atoms with Gasteiger partial charge >= 0.3 is 0 Å². The van der Waals surface area contributed by atoms with E-state index in [-0.39, 0.29) is 11.5 Å². The lowest BCUT2D eigenvalue weighted by atomic mass is 10.2. The van der Waals surface area contributed by atoms with Crippen molar-refractivity contribution in [2.75, 3.05) is 31.1 Å². The number of nitrogens with one attached hydrogen (secondary N) is 1. The van der Waals surface area contributed by atoms with Gasteiger partial charge in [-0.2, -0.15) is 0 Å². The van der Waals surface area contributed by atoms with Crippen molar-refractivity contribution in [3.63, 3.8) is 0 Å². The van der Waals surface area contributed by atoms with Crippen molar-refractivity contribution < 1.29 is 4.79 Å². The fraction of sp³-hybridized carbons (Fsp3) is 0.312. The molecule has 0 aliphatic carbocycles. The van der Waals surface area contributed by atoms with Crippen LogP contribution in [0.5, 0.6) is 0 Å². The highest BCUT2D eigenvalue weighted by Crippen LogP contribution is 2.27. The quantitative estimate of drug-likeness (QED) is 0.885. The van der Waals surface area contributed by atoms with Gasteiger partial charge in [0.15, 0.2) is 0 Å². The zero-order chi connectivity index (χ0) is 17.3. The summed E-state index contributed by atoms with van der Waals surface area (Å²) in [5, 5.41) is 1.02. The molecule has 0 atom stereocenters. The zero-order valence-corrected chi connectivity index (χ0v) is 14.6. The van der Waals surface area contributed by atoms with Crippen LogP contribution in [0.2, 0.25) is 10.0 Å². The van der Waals surface area contributed by atoms with Gasteiger partial charge < -0.3 is 14.8 Å². The van der Waals surface area contributed by atoms with E-state index in [4.69, 9.17) is 23.2 Å². The molecule has 1 aromatic heterocycles. The Balaban J connectivity index is 1.69. The molecule has 0 unspecified atom stereocenters. The molecule has 1 aromatic carbocycles. The number of halogens is 2. The second-order valence-corrected chi connectivity index (χ2v) is 6.40. The molecule has 3 rings (SSSR count). The Labute approximate surface area is 149 Å². The zero-order valence-electron chi connectivity index (χ0n) is 13.1. The first-order valence-electron chi connectivity index (χ1n) is 7.51. The number of aromatic amines is 1. The molecular formula is C16H16Cl2N4O2. The average molecular weight is 367 g/mol. The van der Waals surface area contributed by atoms with Crippen LogP contribution in [0, 0.1) is 6.92 Å². The summed E-state index contributed by atoms with van der Waals surface area (Å²) in [5.74, 6) is 0.193. The standard InChI is InChI=1S/C16H16Cl2N4O2/c1-10-19-9-12(15(23)20-10)16(24)22-6-4-21(5-7-22)11-2-3-13(17)14(18)8-11/h2-3,8-9H,4-7H2,1H3,(H,19,20,23). The molecule has 2 aromatic rings. The van der Waals surface area contributed by atoms with Crippen molar-refractivity contribution in [3.05, 3.63) is 56.2 Å². The molecule has 0 radical (unpaired) electrons. The molecular weight excluding hydrogens is 351 g/mol. The van der Waals surface area contributed by atoms with E-state index in [0.717, 1.165) is 5.69 Å². The molecule has 24 heavy (non-hydrogen) atoms. The first-order chi connectivity index (χ1) is 11.5. The molecule has 1 saturated heterocycles. The van der Waals surface area contributed by atoms with Crippen LogP contribution in [-0.4, -0.2) is 47.0 Å². The van der Waals surface area contributed by atoms with Gasteiger partial charge in [-0.1, -0.05) is 23.2 Å². The number of nitrogens with zero attached hydrogens (tertiary/aromatic N) is 3. The number of aromatic nitrogens is 2. The third-order valence-corrected chi connectivity index (χ3v) is 4.73. The Morgan fingerprint density at radius 1 is 1.17 bits per heavy atom. The molecule has 1 aliphatic heterocycles. The number of benzene rings is 1. The monoisotopic (exact) mass is 366 g/mol. The summed E-state index contributed by atoms with van der Waals surface area (Å²) in [6.45, 7) is 4.02. The van der Waals surface area contributed by atoms with Gasteiger partial charge in [-0.3, -0.25) is 9.59 Å². The summed E-state index contributed by atoms with van der Waals surface area (Å²) in [5.41, 5.74) is 0.634. The largest absolute Gasteiger partial charge is 0.368 e. The van der Waals surface area contributed by atoms with Crippen LogP contribution in [0.3, 0.4) is 0 Å². The molecule has 0 bridgehead atoms. The van der Waals surface area contributed by atoms with Gasteiger partial charge in [0.2, 0.25) is 0 Å². The molecule has 8 heteroatoms. The van der Waals surface area contributed by atoms with Crippen LogP contribution in [0.25, 0.3) is 0 Å². The van der Waals surface area contributed by atoms with Crippen LogP contribution in [0.1, 0.15) is 16.2 Å². The summed E-state index contributed by atoms with van der Waals surface area (Å²) in [6, 6.07) is 5.48. The molecule has 0 spiro atoms. The number of hydrogen-bond donors (Lipinski definition) is 1. The first-order valence-corrected chi connectivity index (χ1v) is 8.26. The number of hydrogen-bond acceptors (Lipinski definition) is 4. The van der Waals surface area contributed by atoms with Gasteiger partial charge in [0.25, 0.3) is 11.5 Å². The van der Waals surface area contributed by atoms with Crippen molar-refractivity contribution in [1.82, 2.24) is 14.9 Å². The van der Waals surface area contributed by atoms with E-state index in [2.05, 4.69) is 14.9 Å². The van der Waals surface area contributed by atoms with Crippen LogP contribution >= 0.6 is 23.2 Å². The fourth-order valence-corrected chi connectivity index (χ4v) is 2.95. The van der Waals surface area contributed by atoms with Crippen molar-refractivity contribution in [3.8, 4) is 0 Å². The third kappa shape index (κ3) is 3.39. The molecule has 1 aliphatic rings. The summed E-state index contributed by atoms with van der Waals surface area (Å²) in [4.78, 5) is 34.7. The van der Waals surface area contributed by atoms with E-state index in [0.29, 0.717) is 42.0 Å². The van der Waals surface area contributed by atoms with Crippen LogP contribution in [0.4, 0.5) is 5.69 Å². The second-order valence-electron chi connectivity index (χ2n) is 5.59. The highest BCUT2D eigenvalue weighted by molar-refractivity contribution is 6.42. The highest BCUT2D eigenvalue weighted by Gasteiger charge is 2.24.